The Labute approximate surface area is 48.3 Å². The highest BCUT2D eigenvalue weighted by Crippen LogP contribution is 2.10. The summed E-state index contributed by atoms with van der Waals surface area (Å²) >= 11 is 0. The van der Waals surface area contributed by atoms with Gasteiger partial charge in [0.05, 0.1) is 0 Å². The maximum atomic E-state index is 10.2. The molecule has 1 aliphatic rings. The molecule has 1 N–H and O–H groups in total. The molecule has 0 bridgehead atoms. The smallest absolute Gasteiger partial charge is 0.225 e. The molecular formula is C5H5O2P. The molecule has 42 valence electrons. The highest BCUT2D eigenvalue weighted by Gasteiger charge is 2.01. The first-order chi connectivity index (χ1) is 3.80. The number of hydrogen-bond donors (Lipinski definition) is 1. The first-order valence-electron chi connectivity index (χ1n) is 2.18. The lowest BCUT2D eigenvalue weighted by Crippen LogP contribution is -1.93. The Kier molecular flexibility index (Phi) is 1.59. The van der Waals surface area contributed by atoms with Crippen molar-refractivity contribution in [3.8, 4) is 0 Å². The molecule has 1 atom stereocenters. The Morgan fingerprint density at radius 1 is 1.38 bits per heavy atom. The summed E-state index contributed by atoms with van der Waals surface area (Å²) in [4.78, 5) is 18.6. The van der Waals surface area contributed by atoms with E-state index in [0.29, 0.717) is 5.29 Å². The summed E-state index contributed by atoms with van der Waals surface area (Å²) in [6.07, 6.45) is 6.72. The number of rotatable bonds is 0. The van der Waals surface area contributed by atoms with E-state index in [0.717, 1.165) is 0 Å². The largest absolute Gasteiger partial charge is 0.603 e. The van der Waals surface area contributed by atoms with E-state index in [1.807, 2.05) is 0 Å². The first kappa shape index (κ1) is 5.70. The highest BCUT2D eigenvalue weighted by molar-refractivity contribution is 7.46. The van der Waals surface area contributed by atoms with Gasteiger partial charge in [0.2, 0.25) is 8.00 Å². The van der Waals surface area contributed by atoms with Crippen molar-refractivity contribution >= 4 is 13.3 Å². The minimum atomic E-state index is -2.11. The van der Waals surface area contributed by atoms with E-state index in [1.165, 1.54) is 0 Å². The molecule has 0 saturated carbocycles. The molecule has 0 amide bonds. The topological polar surface area (TPSA) is 43.3 Å². The summed E-state index contributed by atoms with van der Waals surface area (Å²) in [6, 6.07) is 0. The van der Waals surface area contributed by atoms with Gasteiger partial charge in [-0.05, 0) is 12.2 Å². The second-order valence-corrected chi connectivity index (χ2v) is 2.48. The Morgan fingerprint density at radius 2 is 1.88 bits per heavy atom. The van der Waals surface area contributed by atoms with Crippen LogP contribution < -0.4 is 4.89 Å². The van der Waals surface area contributed by atoms with E-state index in [2.05, 4.69) is 0 Å². The Balaban J connectivity index is 2.90. The lowest BCUT2D eigenvalue weighted by atomic mass is 10.5. The normalized spacial score (nSPS) is 17.8. The van der Waals surface area contributed by atoms with Gasteiger partial charge in [-0.3, -0.25) is 0 Å². The molecule has 0 heterocycles. The fraction of sp³-hybridized carbons (Fsp3) is 0. The number of hydrogen-bond acceptors (Lipinski definition) is 2. The van der Waals surface area contributed by atoms with E-state index < -0.39 is 8.00 Å². The molecule has 0 spiro atoms. The molecule has 0 aromatic heterocycles. The molecule has 0 aromatic rings. The molecule has 0 fully saturated rings. The average Bonchev–Trinajstić information content (AvgIpc) is 2.12. The van der Waals surface area contributed by atoms with Crippen molar-refractivity contribution in [3.63, 3.8) is 0 Å². The molecule has 0 aromatic carbocycles. The molecule has 0 saturated heterocycles. The van der Waals surface area contributed by atoms with Crippen LogP contribution in [0.5, 0.6) is 0 Å². The summed E-state index contributed by atoms with van der Waals surface area (Å²) < 4.78 is 0. The van der Waals surface area contributed by atoms with Crippen LogP contribution >= 0.6 is 8.00 Å². The predicted molar refractivity (Wildman–Crippen MR) is 32.4 cm³/mol. The van der Waals surface area contributed by atoms with Gasteiger partial charge in [0.15, 0.2) is 5.29 Å². The van der Waals surface area contributed by atoms with Crippen molar-refractivity contribution in [2.24, 2.45) is 0 Å². The van der Waals surface area contributed by atoms with Crippen molar-refractivity contribution in [3.05, 3.63) is 24.3 Å². The number of allylic oxidation sites excluding steroid dienone is 4. The zero-order valence-corrected chi connectivity index (χ0v) is 5.01. The molecule has 1 rings (SSSR count). The summed E-state index contributed by atoms with van der Waals surface area (Å²) in [5, 5.41) is 0.500. The van der Waals surface area contributed by atoms with Crippen LogP contribution in [0.4, 0.5) is 0 Å². The maximum Gasteiger partial charge on any atom is 0.225 e. The van der Waals surface area contributed by atoms with Gasteiger partial charge in [0.25, 0.3) is 0 Å². The first-order valence-corrected chi connectivity index (χ1v) is 3.40. The van der Waals surface area contributed by atoms with E-state index in [4.69, 9.17) is 4.89 Å². The van der Waals surface area contributed by atoms with Crippen LogP contribution in [-0.2, 0) is 0 Å². The highest BCUT2D eigenvalue weighted by atomic mass is 31.1. The minimum Gasteiger partial charge on any atom is -0.603 e. The Morgan fingerprint density at radius 3 is 2.12 bits per heavy atom. The van der Waals surface area contributed by atoms with Gasteiger partial charge in [-0.1, -0.05) is 12.2 Å². The third kappa shape index (κ3) is 1.04. The average molecular weight is 128 g/mol. The third-order valence-electron chi connectivity index (χ3n) is 0.866. The molecule has 0 radical (unpaired) electrons. The maximum absolute atomic E-state index is 10.2. The SMILES string of the molecule is [O-][P+](O)=C1C=CC=C1. The van der Waals surface area contributed by atoms with Gasteiger partial charge in [0.1, 0.15) is 0 Å². The van der Waals surface area contributed by atoms with Crippen LogP contribution in [0.25, 0.3) is 0 Å². The summed E-state index contributed by atoms with van der Waals surface area (Å²) in [5.74, 6) is 0. The van der Waals surface area contributed by atoms with Gasteiger partial charge in [-0.25, -0.2) is 0 Å². The molecule has 8 heavy (non-hydrogen) atoms. The van der Waals surface area contributed by atoms with E-state index in [1.54, 1.807) is 24.3 Å². The molecule has 3 heteroatoms. The van der Waals surface area contributed by atoms with Crippen LogP contribution in [0.3, 0.4) is 0 Å². The third-order valence-corrected chi connectivity index (χ3v) is 1.61. The van der Waals surface area contributed by atoms with Crippen LogP contribution in [0, 0.1) is 0 Å². The Hall–Kier alpha value is -0.430. The van der Waals surface area contributed by atoms with Gasteiger partial charge in [-0.15, -0.1) is 0 Å². The summed E-state index contributed by atoms with van der Waals surface area (Å²) in [7, 11) is -2.11. The van der Waals surface area contributed by atoms with Crippen molar-refractivity contribution in [2.45, 2.75) is 0 Å². The van der Waals surface area contributed by atoms with Crippen LogP contribution in [0.15, 0.2) is 24.3 Å². The zero-order valence-electron chi connectivity index (χ0n) is 4.11. The van der Waals surface area contributed by atoms with Gasteiger partial charge >= 0.3 is 0 Å². The fourth-order valence-corrected chi connectivity index (χ4v) is 0.919. The monoisotopic (exact) mass is 128 g/mol. The standard InChI is InChI=1S/C5H5O2P/c6-8(7)5-3-1-2-4-5/h1-4H,(H,6,7). The van der Waals surface area contributed by atoms with Crippen LogP contribution in [0.1, 0.15) is 0 Å². The minimum absolute atomic E-state index is 0.500. The van der Waals surface area contributed by atoms with Gasteiger partial charge in [-0.2, -0.15) is 4.89 Å². The van der Waals surface area contributed by atoms with Crippen molar-refractivity contribution in [1.29, 1.82) is 0 Å². The van der Waals surface area contributed by atoms with Gasteiger partial charge in [0, 0.05) is 0 Å². The van der Waals surface area contributed by atoms with Crippen LogP contribution in [-0.4, -0.2) is 10.2 Å². The lowest BCUT2D eigenvalue weighted by Gasteiger charge is -1.83. The molecule has 2 nitrogen and oxygen atoms in total. The second kappa shape index (κ2) is 2.23. The molecular weight excluding hydrogens is 123 g/mol. The Bertz CT molecular complexity index is 161. The van der Waals surface area contributed by atoms with Gasteiger partial charge < -0.3 is 4.89 Å². The molecule has 0 aliphatic heterocycles. The van der Waals surface area contributed by atoms with E-state index in [-0.39, 0.29) is 0 Å². The summed E-state index contributed by atoms with van der Waals surface area (Å²) in [6.45, 7) is 0. The van der Waals surface area contributed by atoms with Crippen LogP contribution in [0.2, 0.25) is 0 Å². The predicted octanol–water partition coefficient (Wildman–Crippen LogP) is -0.0507. The molecule has 1 unspecified atom stereocenters. The summed E-state index contributed by atoms with van der Waals surface area (Å²) in [5.41, 5.74) is 0. The lowest BCUT2D eigenvalue weighted by molar-refractivity contribution is -0.167. The second-order valence-electron chi connectivity index (χ2n) is 1.42. The zero-order chi connectivity index (χ0) is 5.98. The van der Waals surface area contributed by atoms with Crippen molar-refractivity contribution in [1.82, 2.24) is 0 Å². The van der Waals surface area contributed by atoms with E-state index in [9.17, 15) is 4.89 Å². The molecule has 1 aliphatic carbocycles. The quantitative estimate of drug-likeness (QED) is 0.465. The van der Waals surface area contributed by atoms with Crippen molar-refractivity contribution < 1.29 is 9.79 Å². The fourth-order valence-electron chi connectivity index (χ4n) is 0.491. The van der Waals surface area contributed by atoms with Crippen molar-refractivity contribution in [2.75, 3.05) is 0 Å². The van der Waals surface area contributed by atoms with E-state index >= 15 is 0 Å².